The van der Waals surface area contributed by atoms with Gasteiger partial charge in [-0.1, -0.05) is 30.3 Å². The first kappa shape index (κ1) is 17.4. The van der Waals surface area contributed by atoms with Crippen LogP contribution in [0.4, 0.5) is 0 Å². The lowest BCUT2D eigenvalue weighted by molar-refractivity contribution is -0.130. The third-order valence-electron chi connectivity index (χ3n) is 3.55. The lowest BCUT2D eigenvalue weighted by Gasteiger charge is -2.17. The topological polar surface area (TPSA) is 29.5 Å². The van der Waals surface area contributed by atoms with Crippen LogP contribution in [0.1, 0.15) is 18.4 Å². The largest absolute Gasteiger partial charge is 0.494 e. The molecule has 0 radical (unpaired) electrons. The molecule has 0 N–H and O–H groups in total. The summed E-state index contributed by atoms with van der Waals surface area (Å²) >= 11 is 1.72. The zero-order valence-corrected chi connectivity index (χ0v) is 14.5. The van der Waals surface area contributed by atoms with Gasteiger partial charge < -0.3 is 9.64 Å². The van der Waals surface area contributed by atoms with Crippen LogP contribution in [0.5, 0.6) is 5.75 Å². The minimum Gasteiger partial charge on any atom is -0.494 e. The van der Waals surface area contributed by atoms with Gasteiger partial charge in [0.15, 0.2) is 0 Å². The summed E-state index contributed by atoms with van der Waals surface area (Å²) in [4.78, 5) is 15.2. The maximum atomic E-state index is 12.1. The van der Waals surface area contributed by atoms with E-state index in [1.807, 2.05) is 37.4 Å². The average molecular weight is 329 g/mol. The third kappa shape index (κ3) is 5.99. The monoisotopic (exact) mass is 329 g/mol. The Bertz CT molecular complexity index is 599. The molecule has 122 valence electrons. The lowest BCUT2D eigenvalue weighted by atomic mass is 10.2. The molecule has 3 nitrogen and oxygen atoms in total. The number of para-hydroxylation sites is 1. The molecule has 0 aliphatic rings. The van der Waals surface area contributed by atoms with Crippen LogP contribution in [0.2, 0.25) is 0 Å². The fourth-order valence-corrected chi connectivity index (χ4v) is 2.62. The maximum Gasteiger partial charge on any atom is 0.222 e. The highest BCUT2D eigenvalue weighted by Gasteiger charge is 2.09. The zero-order valence-electron chi connectivity index (χ0n) is 13.7. The first-order valence-corrected chi connectivity index (χ1v) is 8.96. The van der Waals surface area contributed by atoms with E-state index >= 15 is 0 Å². The van der Waals surface area contributed by atoms with Crippen LogP contribution < -0.4 is 4.74 Å². The second-order valence-electron chi connectivity index (χ2n) is 5.36. The van der Waals surface area contributed by atoms with Crippen LogP contribution in [0.25, 0.3) is 0 Å². The van der Waals surface area contributed by atoms with Crippen molar-refractivity contribution < 1.29 is 9.53 Å². The van der Waals surface area contributed by atoms with Crippen molar-refractivity contribution in [2.75, 3.05) is 19.9 Å². The Labute approximate surface area is 142 Å². The number of thioether (sulfide) groups is 1. The summed E-state index contributed by atoms with van der Waals surface area (Å²) in [7, 11) is 1.85. The number of hydrogen-bond acceptors (Lipinski definition) is 3. The van der Waals surface area contributed by atoms with E-state index in [0.717, 1.165) is 17.7 Å². The molecule has 0 atom stereocenters. The minimum atomic E-state index is 0.149. The Kier molecular flexibility index (Phi) is 7.01. The molecule has 4 heteroatoms. The van der Waals surface area contributed by atoms with Crippen molar-refractivity contribution in [1.82, 2.24) is 4.90 Å². The molecule has 0 aliphatic carbocycles. The van der Waals surface area contributed by atoms with Crippen LogP contribution in [-0.2, 0) is 11.3 Å². The van der Waals surface area contributed by atoms with Gasteiger partial charge in [-0.3, -0.25) is 4.79 Å². The molecule has 0 spiro atoms. The lowest BCUT2D eigenvalue weighted by Crippen LogP contribution is -2.26. The Morgan fingerprint density at radius 1 is 1.09 bits per heavy atom. The Morgan fingerprint density at radius 3 is 2.43 bits per heavy atom. The summed E-state index contributed by atoms with van der Waals surface area (Å²) in [6.45, 7) is 1.21. The van der Waals surface area contributed by atoms with Crippen molar-refractivity contribution in [2.24, 2.45) is 0 Å². The molecule has 0 aromatic heterocycles. The summed E-state index contributed by atoms with van der Waals surface area (Å²) in [5.41, 5.74) is 1.15. The molecular formula is C19H23NO2S. The maximum absolute atomic E-state index is 12.1. The van der Waals surface area contributed by atoms with Gasteiger partial charge in [0.2, 0.25) is 5.91 Å². The molecule has 0 fully saturated rings. The summed E-state index contributed by atoms with van der Waals surface area (Å²) in [6, 6.07) is 18.0. The van der Waals surface area contributed by atoms with Crippen molar-refractivity contribution >= 4 is 17.7 Å². The van der Waals surface area contributed by atoms with E-state index in [1.165, 1.54) is 4.90 Å². The Hall–Kier alpha value is -1.94. The molecule has 0 unspecified atom stereocenters. The fraction of sp³-hybridized carbons (Fsp3) is 0.316. The highest BCUT2D eigenvalue weighted by molar-refractivity contribution is 7.98. The molecule has 1 amide bonds. The molecule has 0 saturated carbocycles. The molecule has 0 saturated heterocycles. The number of rotatable bonds is 8. The van der Waals surface area contributed by atoms with Crippen LogP contribution >= 0.6 is 11.8 Å². The normalized spacial score (nSPS) is 10.3. The number of nitrogens with zero attached hydrogens (tertiary/aromatic N) is 1. The SMILES string of the molecule is CSc1ccc(CN(C)C(=O)CCCOc2ccccc2)cc1. The number of carbonyl (C=O) groups excluding carboxylic acids is 1. The van der Waals surface area contributed by atoms with Crippen molar-refractivity contribution in [3.63, 3.8) is 0 Å². The molecule has 23 heavy (non-hydrogen) atoms. The smallest absolute Gasteiger partial charge is 0.222 e. The van der Waals surface area contributed by atoms with Crippen molar-refractivity contribution in [1.29, 1.82) is 0 Å². The Balaban J connectivity index is 1.69. The van der Waals surface area contributed by atoms with Crippen LogP contribution in [-0.4, -0.2) is 30.7 Å². The molecule has 0 bridgehead atoms. The predicted octanol–water partition coefficient (Wildman–Crippen LogP) is 4.23. The second-order valence-corrected chi connectivity index (χ2v) is 6.24. The summed E-state index contributed by atoms with van der Waals surface area (Å²) in [6.07, 6.45) is 3.29. The molecule has 0 aliphatic heterocycles. The van der Waals surface area contributed by atoms with Crippen LogP contribution in [0.3, 0.4) is 0 Å². The third-order valence-corrected chi connectivity index (χ3v) is 4.30. The first-order valence-electron chi connectivity index (χ1n) is 7.74. The quantitative estimate of drug-likeness (QED) is 0.536. The van der Waals surface area contributed by atoms with Crippen molar-refractivity contribution in [3.8, 4) is 5.75 Å². The van der Waals surface area contributed by atoms with E-state index in [2.05, 4.69) is 30.5 Å². The first-order chi connectivity index (χ1) is 11.2. The zero-order chi connectivity index (χ0) is 16.5. The van der Waals surface area contributed by atoms with E-state index in [0.29, 0.717) is 19.6 Å². The van der Waals surface area contributed by atoms with Gasteiger partial charge in [0, 0.05) is 24.9 Å². The molecule has 2 aromatic carbocycles. The summed E-state index contributed by atoms with van der Waals surface area (Å²) in [5.74, 6) is 0.998. The van der Waals surface area contributed by atoms with E-state index in [1.54, 1.807) is 16.7 Å². The van der Waals surface area contributed by atoms with Gasteiger partial charge in [0.05, 0.1) is 6.61 Å². The number of amides is 1. The van der Waals surface area contributed by atoms with Gasteiger partial charge >= 0.3 is 0 Å². The molecule has 2 aromatic rings. The minimum absolute atomic E-state index is 0.149. The van der Waals surface area contributed by atoms with Gasteiger partial charge in [0.25, 0.3) is 0 Å². The number of benzene rings is 2. The predicted molar refractivity (Wildman–Crippen MR) is 95.9 cm³/mol. The van der Waals surface area contributed by atoms with Gasteiger partial charge in [0.1, 0.15) is 5.75 Å². The highest BCUT2D eigenvalue weighted by atomic mass is 32.2. The van der Waals surface area contributed by atoms with E-state index in [-0.39, 0.29) is 5.91 Å². The van der Waals surface area contributed by atoms with E-state index in [9.17, 15) is 4.79 Å². The summed E-state index contributed by atoms with van der Waals surface area (Å²) in [5, 5.41) is 0. The van der Waals surface area contributed by atoms with E-state index in [4.69, 9.17) is 4.74 Å². The Morgan fingerprint density at radius 2 is 1.78 bits per heavy atom. The number of carbonyl (C=O) groups is 1. The van der Waals surface area contributed by atoms with Gasteiger partial charge in [-0.15, -0.1) is 11.8 Å². The van der Waals surface area contributed by atoms with Crippen molar-refractivity contribution in [3.05, 3.63) is 60.2 Å². The number of hydrogen-bond donors (Lipinski definition) is 0. The second kappa shape index (κ2) is 9.26. The molecule has 0 heterocycles. The average Bonchev–Trinajstić information content (AvgIpc) is 2.60. The van der Waals surface area contributed by atoms with E-state index < -0.39 is 0 Å². The highest BCUT2D eigenvalue weighted by Crippen LogP contribution is 2.16. The van der Waals surface area contributed by atoms with Gasteiger partial charge in [-0.25, -0.2) is 0 Å². The molecule has 2 rings (SSSR count). The molecular weight excluding hydrogens is 306 g/mol. The standard InChI is InChI=1S/C19H23NO2S/c1-20(15-16-10-12-18(23-2)13-11-16)19(21)9-6-14-22-17-7-4-3-5-8-17/h3-5,7-8,10-13H,6,9,14-15H2,1-2H3. The van der Waals surface area contributed by atoms with Gasteiger partial charge in [-0.05, 0) is 42.5 Å². The van der Waals surface area contributed by atoms with Crippen LogP contribution in [0.15, 0.2) is 59.5 Å². The number of ether oxygens (including phenoxy) is 1. The van der Waals surface area contributed by atoms with Crippen LogP contribution in [0, 0.1) is 0 Å². The summed E-state index contributed by atoms with van der Waals surface area (Å²) < 4.78 is 5.61. The fourth-order valence-electron chi connectivity index (χ4n) is 2.21. The van der Waals surface area contributed by atoms with Crippen molar-refractivity contribution in [2.45, 2.75) is 24.3 Å². The van der Waals surface area contributed by atoms with Gasteiger partial charge in [-0.2, -0.15) is 0 Å².